The monoisotopic (exact) mass is 251 g/mol. The third-order valence-corrected chi connectivity index (χ3v) is 3.93. The predicted octanol–water partition coefficient (Wildman–Crippen LogP) is 2.42. The van der Waals surface area contributed by atoms with Gasteiger partial charge >= 0.3 is 0 Å². The Hall–Kier alpha value is -0.900. The zero-order valence-corrected chi connectivity index (χ0v) is 11.8. The first-order valence-electron chi connectivity index (χ1n) is 7.07. The van der Waals surface area contributed by atoms with Gasteiger partial charge in [-0.3, -0.25) is 0 Å². The summed E-state index contributed by atoms with van der Waals surface area (Å²) < 4.78 is 1.95. The molecule has 0 bridgehead atoms. The molecular formula is C14H25N3O. The third kappa shape index (κ3) is 3.31. The molecule has 1 fully saturated rings. The molecule has 18 heavy (non-hydrogen) atoms. The summed E-state index contributed by atoms with van der Waals surface area (Å²) in [5, 5.41) is 14.9. The van der Waals surface area contributed by atoms with Crippen LogP contribution in [0.1, 0.15) is 52.3 Å². The van der Waals surface area contributed by atoms with E-state index in [2.05, 4.69) is 30.9 Å². The molecule has 0 aromatic carbocycles. The second-order valence-corrected chi connectivity index (χ2v) is 6.34. The third-order valence-electron chi connectivity index (χ3n) is 3.93. The highest BCUT2D eigenvalue weighted by Crippen LogP contribution is 2.33. The first kappa shape index (κ1) is 13.5. The minimum absolute atomic E-state index is 0.548. The Balaban J connectivity index is 2.02. The molecule has 0 amide bonds. The minimum Gasteiger partial charge on any atom is -0.389 e. The highest BCUT2D eigenvalue weighted by atomic mass is 16.3. The standard InChI is InChI=1S/C14H25N3O/c1-11(2)9-17-13(15-10-16-17)8-14(18)6-4-12(3)5-7-14/h10-12,18H,4-9H2,1-3H3. The second-order valence-electron chi connectivity index (χ2n) is 6.34. The van der Waals surface area contributed by atoms with Crippen molar-refractivity contribution >= 4 is 0 Å². The lowest BCUT2D eigenvalue weighted by Gasteiger charge is -2.34. The lowest BCUT2D eigenvalue weighted by molar-refractivity contribution is -0.00921. The van der Waals surface area contributed by atoms with Crippen LogP contribution >= 0.6 is 0 Å². The fourth-order valence-electron chi connectivity index (χ4n) is 2.69. The molecule has 1 heterocycles. The van der Waals surface area contributed by atoms with E-state index in [0.717, 1.165) is 44.0 Å². The summed E-state index contributed by atoms with van der Waals surface area (Å²) in [5.74, 6) is 2.23. The fourth-order valence-corrected chi connectivity index (χ4v) is 2.69. The topological polar surface area (TPSA) is 50.9 Å². The van der Waals surface area contributed by atoms with E-state index >= 15 is 0 Å². The summed E-state index contributed by atoms with van der Waals surface area (Å²) >= 11 is 0. The number of aromatic nitrogens is 3. The Bertz CT molecular complexity index is 378. The van der Waals surface area contributed by atoms with E-state index in [4.69, 9.17) is 0 Å². The number of hydrogen-bond donors (Lipinski definition) is 1. The Morgan fingerprint density at radius 1 is 1.44 bits per heavy atom. The molecule has 1 aromatic rings. The van der Waals surface area contributed by atoms with Gasteiger partial charge in [-0.25, -0.2) is 9.67 Å². The molecule has 0 radical (unpaired) electrons. The summed E-state index contributed by atoms with van der Waals surface area (Å²) in [6.45, 7) is 7.48. The molecule has 1 aliphatic rings. The minimum atomic E-state index is -0.561. The van der Waals surface area contributed by atoms with Crippen molar-refractivity contribution in [2.75, 3.05) is 0 Å². The zero-order valence-electron chi connectivity index (χ0n) is 11.8. The van der Waals surface area contributed by atoms with Crippen molar-refractivity contribution in [1.82, 2.24) is 14.8 Å². The van der Waals surface area contributed by atoms with Crippen molar-refractivity contribution in [1.29, 1.82) is 0 Å². The molecule has 1 aliphatic carbocycles. The smallest absolute Gasteiger partial charge is 0.138 e. The number of hydrogen-bond acceptors (Lipinski definition) is 3. The molecule has 0 spiro atoms. The van der Waals surface area contributed by atoms with Crippen molar-refractivity contribution in [3.8, 4) is 0 Å². The molecule has 1 saturated carbocycles. The summed E-state index contributed by atoms with van der Waals surface area (Å²) in [7, 11) is 0. The van der Waals surface area contributed by atoms with Gasteiger partial charge in [0.05, 0.1) is 5.60 Å². The Labute approximate surface area is 109 Å². The molecule has 2 rings (SSSR count). The molecular weight excluding hydrogens is 226 g/mol. The fraction of sp³-hybridized carbons (Fsp3) is 0.857. The quantitative estimate of drug-likeness (QED) is 0.894. The Morgan fingerprint density at radius 3 is 2.72 bits per heavy atom. The van der Waals surface area contributed by atoms with E-state index in [9.17, 15) is 5.11 Å². The molecule has 1 aromatic heterocycles. The van der Waals surface area contributed by atoms with Gasteiger partial charge in [-0.1, -0.05) is 20.8 Å². The van der Waals surface area contributed by atoms with E-state index in [1.165, 1.54) is 0 Å². The first-order valence-corrected chi connectivity index (χ1v) is 7.07. The van der Waals surface area contributed by atoms with Crippen molar-refractivity contribution < 1.29 is 5.11 Å². The van der Waals surface area contributed by atoms with Crippen LogP contribution in [0.2, 0.25) is 0 Å². The number of nitrogens with zero attached hydrogens (tertiary/aromatic N) is 3. The van der Waals surface area contributed by atoms with E-state index in [1.807, 2.05) is 4.68 Å². The van der Waals surface area contributed by atoms with E-state index in [0.29, 0.717) is 12.3 Å². The molecule has 4 heteroatoms. The first-order chi connectivity index (χ1) is 8.48. The van der Waals surface area contributed by atoms with E-state index in [1.54, 1.807) is 6.33 Å². The SMILES string of the molecule is CC(C)Cn1ncnc1CC1(O)CCC(C)CC1. The van der Waals surface area contributed by atoms with Crippen LogP contribution in [0.4, 0.5) is 0 Å². The van der Waals surface area contributed by atoms with Gasteiger partial charge in [0.2, 0.25) is 0 Å². The summed E-state index contributed by atoms with van der Waals surface area (Å²) in [6, 6.07) is 0. The molecule has 0 aliphatic heterocycles. The predicted molar refractivity (Wildman–Crippen MR) is 71.1 cm³/mol. The van der Waals surface area contributed by atoms with Gasteiger partial charge in [-0.2, -0.15) is 5.10 Å². The van der Waals surface area contributed by atoms with Crippen molar-refractivity contribution in [2.45, 2.75) is 65.0 Å². The number of rotatable bonds is 4. The van der Waals surface area contributed by atoms with E-state index in [-0.39, 0.29) is 0 Å². The van der Waals surface area contributed by atoms with Crippen molar-refractivity contribution in [3.63, 3.8) is 0 Å². The van der Waals surface area contributed by atoms with Gasteiger partial charge in [0.15, 0.2) is 0 Å². The maximum atomic E-state index is 10.6. The maximum Gasteiger partial charge on any atom is 0.138 e. The van der Waals surface area contributed by atoms with Gasteiger partial charge in [-0.05, 0) is 37.5 Å². The van der Waals surface area contributed by atoms with E-state index < -0.39 is 5.60 Å². The second kappa shape index (κ2) is 5.39. The van der Waals surface area contributed by atoms with Crippen LogP contribution in [0.3, 0.4) is 0 Å². The largest absolute Gasteiger partial charge is 0.389 e. The average molecular weight is 251 g/mol. The van der Waals surface area contributed by atoms with Gasteiger partial charge < -0.3 is 5.11 Å². The Morgan fingerprint density at radius 2 is 2.11 bits per heavy atom. The molecule has 0 atom stereocenters. The summed E-state index contributed by atoms with van der Waals surface area (Å²) in [4.78, 5) is 4.32. The van der Waals surface area contributed by atoms with Crippen LogP contribution in [-0.2, 0) is 13.0 Å². The zero-order chi connectivity index (χ0) is 13.2. The Kier molecular flexibility index (Phi) is 4.05. The lowest BCUT2D eigenvalue weighted by Crippen LogP contribution is -2.37. The van der Waals surface area contributed by atoms with Crippen LogP contribution in [0.5, 0.6) is 0 Å². The molecule has 0 unspecified atom stereocenters. The summed E-state index contributed by atoms with van der Waals surface area (Å²) in [5.41, 5.74) is -0.561. The van der Waals surface area contributed by atoms with Crippen LogP contribution in [0, 0.1) is 11.8 Å². The van der Waals surface area contributed by atoms with Crippen molar-refractivity contribution in [3.05, 3.63) is 12.2 Å². The van der Waals surface area contributed by atoms with Gasteiger partial charge in [0, 0.05) is 13.0 Å². The van der Waals surface area contributed by atoms with Crippen LogP contribution < -0.4 is 0 Å². The van der Waals surface area contributed by atoms with Gasteiger partial charge in [-0.15, -0.1) is 0 Å². The van der Waals surface area contributed by atoms with Gasteiger partial charge in [0.1, 0.15) is 12.2 Å². The molecule has 1 N–H and O–H groups in total. The lowest BCUT2D eigenvalue weighted by atomic mass is 9.78. The van der Waals surface area contributed by atoms with Crippen LogP contribution in [0.25, 0.3) is 0 Å². The normalized spacial score (nSPS) is 28.8. The van der Waals surface area contributed by atoms with Crippen LogP contribution in [-0.4, -0.2) is 25.5 Å². The van der Waals surface area contributed by atoms with Gasteiger partial charge in [0.25, 0.3) is 0 Å². The molecule has 102 valence electrons. The molecule has 0 saturated heterocycles. The summed E-state index contributed by atoms with van der Waals surface area (Å²) in [6.07, 6.45) is 6.27. The maximum absolute atomic E-state index is 10.6. The van der Waals surface area contributed by atoms with Crippen LogP contribution in [0.15, 0.2) is 6.33 Å². The van der Waals surface area contributed by atoms with Crippen molar-refractivity contribution in [2.24, 2.45) is 11.8 Å². The number of aliphatic hydroxyl groups is 1. The average Bonchev–Trinajstić information content (AvgIpc) is 2.70. The highest BCUT2D eigenvalue weighted by molar-refractivity contribution is 4.97. The molecule has 4 nitrogen and oxygen atoms in total. The highest BCUT2D eigenvalue weighted by Gasteiger charge is 2.33.